The fourth-order valence-corrected chi connectivity index (χ4v) is 3.84. The number of ether oxygens (including phenoxy) is 1. The number of carbonyl (C=O) groups is 1. The van der Waals surface area contributed by atoms with E-state index in [1.807, 2.05) is 24.3 Å². The number of halogens is 2. The summed E-state index contributed by atoms with van der Waals surface area (Å²) in [4.78, 5) is 16.9. The van der Waals surface area contributed by atoms with Gasteiger partial charge in [-0.15, -0.1) is 24.8 Å². The summed E-state index contributed by atoms with van der Waals surface area (Å²) in [7, 11) is 0. The molecule has 1 N–H and O–H groups in total. The number of hydrogen-bond acceptors (Lipinski definition) is 4. The van der Waals surface area contributed by atoms with Crippen LogP contribution in [0.4, 0.5) is 5.69 Å². The van der Waals surface area contributed by atoms with Crippen LogP contribution in [-0.2, 0) is 4.79 Å². The highest BCUT2D eigenvalue weighted by Crippen LogP contribution is 2.22. The predicted octanol–water partition coefficient (Wildman–Crippen LogP) is 4.21. The van der Waals surface area contributed by atoms with Gasteiger partial charge in [0, 0.05) is 24.8 Å². The monoisotopic (exact) mass is 431 g/mol. The predicted molar refractivity (Wildman–Crippen MR) is 120 cm³/mol. The Hall–Kier alpha value is -1.01. The quantitative estimate of drug-likeness (QED) is 0.732. The number of nitrogens with one attached hydrogen (secondary N) is 1. The molecule has 2 saturated heterocycles. The minimum absolute atomic E-state index is 0. The average Bonchev–Trinajstić information content (AvgIpc) is 2.64. The van der Waals surface area contributed by atoms with Crippen LogP contribution in [0.2, 0.25) is 0 Å². The number of piperidine rings is 2. The number of carbonyl (C=O) groups excluding carboxylic acids is 1. The number of benzene rings is 1. The average molecular weight is 432 g/mol. The first-order valence-electron chi connectivity index (χ1n) is 10.1. The summed E-state index contributed by atoms with van der Waals surface area (Å²) in [6.07, 6.45) is 6.14. The Labute approximate surface area is 182 Å². The minimum atomic E-state index is 0. The van der Waals surface area contributed by atoms with Crippen molar-refractivity contribution in [3.05, 3.63) is 24.3 Å². The Morgan fingerprint density at radius 2 is 1.64 bits per heavy atom. The van der Waals surface area contributed by atoms with Crippen molar-refractivity contribution in [1.29, 1.82) is 0 Å². The van der Waals surface area contributed by atoms with E-state index in [0.29, 0.717) is 18.7 Å². The summed E-state index contributed by atoms with van der Waals surface area (Å²) in [6, 6.07) is 8.42. The Balaban J connectivity index is 0.00000196. The number of rotatable bonds is 6. The van der Waals surface area contributed by atoms with Gasteiger partial charge in [-0.1, -0.05) is 6.42 Å². The molecule has 2 aliphatic rings. The van der Waals surface area contributed by atoms with Gasteiger partial charge in [-0.05, 0) is 76.9 Å². The second-order valence-electron chi connectivity index (χ2n) is 7.86. The summed E-state index contributed by atoms with van der Waals surface area (Å²) in [5.41, 5.74) is 0.842. The second-order valence-corrected chi connectivity index (χ2v) is 7.86. The van der Waals surface area contributed by atoms with E-state index in [1.165, 1.54) is 19.3 Å². The van der Waals surface area contributed by atoms with Crippen LogP contribution in [0.25, 0.3) is 0 Å². The molecule has 0 unspecified atom stereocenters. The molecule has 0 aliphatic carbocycles. The van der Waals surface area contributed by atoms with Gasteiger partial charge in [-0.25, -0.2) is 0 Å². The van der Waals surface area contributed by atoms with Gasteiger partial charge in [0.1, 0.15) is 11.9 Å². The van der Waals surface area contributed by atoms with Gasteiger partial charge in [0.05, 0.1) is 6.54 Å². The zero-order chi connectivity index (χ0) is 18.4. The standard InChI is InChI=1S/C21H33N3O2.2ClH/c1-17(2)24-14-10-20(11-15-24)26-19-8-6-18(7-9-19)22-21(25)16-23-12-4-3-5-13-23;;/h6-9,17,20H,3-5,10-16H2,1-2H3,(H,22,25);2*1H. The van der Waals surface area contributed by atoms with Crippen LogP contribution in [0, 0.1) is 0 Å². The van der Waals surface area contributed by atoms with Crippen LogP contribution in [0.5, 0.6) is 5.75 Å². The molecule has 5 nitrogen and oxygen atoms in total. The molecule has 1 aromatic carbocycles. The van der Waals surface area contributed by atoms with Crippen molar-refractivity contribution in [2.24, 2.45) is 0 Å². The van der Waals surface area contributed by atoms with Crippen LogP contribution < -0.4 is 10.1 Å². The van der Waals surface area contributed by atoms with Gasteiger partial charge in [0.25, 0.3) is 0 Å². The fourth-order valence-electron chi connectivity index (χ4n) is 3.84. The van der Waals surface area contributed by atoms with Crippen LogP contribution in [0.3, 0.4) is 0 Å². The Morgan fingerprint density at radius 3 is 2.21 bits per heavy atom. The van der Waals surface area contributed by atoms with Crippen molar-refractivity contribution in [2.45, 2.75) is 58.1 Å². The van der Waals surface area contributed by atoms with E-state index in [-0.39, 0.29) is 30.7 Å². The highest BCUT2D eigenvalue weighted by atomic mass is 35.5. The number of anilines is 1. The van der Waals surface area contributed by atoms with Crippen LogP contribution in [-0.4, -0.2) is 60.6 Å². The molecule has 3 rings (SSSR count). The molecule has 2 fully saturated rings. The van der Waals surface area contributed by atoms with Crippen molar-refractivity contribution in [3.63, 3.8) is 0 Å². The van der Waals surface area contributed by atoms with Crippen molar-refractivity contribution >= 4 is 36.4 Å². The second kappa shape index (κ2) is 12.5. The first-order chi connectivity index (χ1) is 12.6. The number of likely N-dealkylation sites (tertiary alicyclic amines) is 2. The van der Waals surface area contributed by atoms with Crippen LogP contribution >= 0.6 is 24.8 Å². The molecule has 0 bridgehead atoms. The third-order valence-corrected chi connectivity index (χ3v) is 5.46. The first-order valence-corrected chi connectivity index (χ1v) is 10.1. The SMILES string of the molecule is CC(C)N1CCC(Oc2ccc(NC(=O)CN3CCCCC3)cc2)CC1.Cl.Cl. The molecule has 0 spiro atoms. The molecule has 1 amide bonds. The smallest absolute Gasteiger partial charge is 0.238 e. The highest BCUT2D eigenvalue weighted by molar-refractivity contribution is 5.92. The lowest BCUT2D eigenvalue weighted by Gasteiger charge is -2.34. The maximum absolute atomic E-state index is 12.2. The summed E-state index contributed by atoms with van der Waals surface area (Å²) in [6.45, 7) is 9.28. The molecule has 1 aromatic rings. The van der Waals surface area contributed by atoms with Gasteiger partial charge < -0.3 is 15.0 Å². The maximum Gasteiger partial charge on any atom is 0.238 e. The van der Waals surface area contributed by atoms with Crippen molar-refractivity contribution in [3.8, 4) is 5.75 Å². The Kier molecular flexibility index (Phi) is 11.2. The topological polar surface area (TPSA) is 44.8 Å². The van der Waals surface area contributed by atoms with Crippen molar-refractivity contribution < 1.29 is 9.53 Å². The number of hydrogen-bond donors (Lipinski definition) is 1. The lowest BCUT2D eigenvalue weighted by Crippen LogP contribution is -2.41. The Morgan fingerprint density at radius 1 is 1.04 bits per heavy atom. The number of amides is 1. The molecule has 0 aromatic heterocycles. The third kappa shape index (κ3) is 7.78. The van der Waals surface area contributed by atoms with E-state index >= 15 is 0 Å². The molecule has 0 saturated carbocycles. The van der Waals surface area contributed by atoms with E-state index < -0.39 is 0 Å². The first kappa shape index (κ1) is 25.0. The highest BCUT2D eigenvalue weighted by Gasteiger charge is 2.22. The van der Waals surface area contributed by atoms with E-state index in [9.17, 15) is 4.79 Å². The van der Waals surface area contributed by atoms with Gasteiger partial charge >= 0.3 is 0 Å². The molecular weight excluding hydrogens is 397 g/mol. The van der Waals surface area contributed by atoms with E-state index in [4.69, 9.17) is 4.74 Å². The molecule has 2 heterocycles. The summed E-state index contributed by atoms with van der Waals surface area (Å²) >= 11 is 0. The Bertz CT molecular complexity index is 570. The van der Waals surface area contributed by atoms with Crippen LogP contribution in [0.1, 0.15) is 46.0 Å². The molecule has 2 aliphatic heterocycles. The normalized spacial score (nSPS) is 18.8. The lowest BCUT2D eigenvalue weighted by atomic mass is 10.1. The summed E-state index contributed by atoms with van der Waals surface area (Å²) in [5, 5.41) is 3.00. The van der Waals surface area contributed by atoms with E-state index in [1.54, 1.807) is 0 Å². The van der Waals surface area contributed by atoms with Gasteiger partial charge in [-0.3, -0.25) is 9.69 Å². The van der Waals surface area contributed by atoms with Crippen LogP contribution in [0.15, 0.2) is 24.3 Å². The van der Waals surface area contributed by atoms with Crippen molar-refractivity contribution in [2.75, 3.05) is 38.0 Å². The molecule has 160 valence electrons. The summed E-state index contributed by atoms with van der Waals surface area (Å²) < 4.78 is 6.12. The lowest BCUT2D eigenvalue weighted by molar-refractivity contribution is -0.117. The molecule has 0 atom stereocenters. The number of nitrogens with zero attached hydrogens (tertiary/aromatic N) is 2. The molecule has 7 heteroatoms. The van der Waals surface area contributed by atoms with Crippen molar-refractivity contribution in [1.82, 2.24) is 9.80 Å². The van der Waals surface area contributed by atoms with Gasteiger partial charge in [-0.2, -0.15) is 0 Å². The third-order valence-electron chi connectivity index (χ3n) is 5.46. The van der Waals surface area contributed by atoms with E-state index in [0.717, 1.165) is 50.5 Å². The van der Waals surface area contributed by atoms with Gasteiger partial charge in [0.15, 0.2) is 0 Å². The molecule has 0 radical (unpaired) electrons. The zero-order valence-electron chi connectivity index (χ0n) is 17.1. The summed E-state index contributed by atoms with van der Waals surface area (Å²) in [5.74, 6) is 0.962. The largest absolute Gasteiger partial charge is 0.490 e. The fraction of sp³-hybridized carbons (Fsp3) is 0.667. The molecular formula is C21H35Cl2N3O2. The molecule has 28 heavy (non-hydrogen) atoms. The zero-order valence-corrected chi connectivity index (χ0v) is 18.7. The minimum Gasteiger partial charge on any atom is -0.490 e. The maximum atomic E-state index is 12.2. The van der Waals surface area contributed by atoms with E-state index in [2.05, 4.69) is 29.0 Å². The van der Waals surface area contributed by atoms with Gasteiger partial charge in [0.2, 0.25) is 5.91 Å².